The minimum atomic E-state index is -0.970. The molecule has 11 heteroatoms. The van der Waals surface area contributed by atoms with Crippen LogP contribution in [0.5, 0.6) is 0 Å². The molecule has 0 aliphatic rings. The van der Waals surface area contributed by atoms with Gasteiger partial charge in [0.15, 0.2) is 5.84 Å². The summed E-state index contributed by atoms with van der Waals surface area (Å²) in [6.07, 6.45) is 3.96. The molecule has 226 valence electrons. The van der Waals surface area contributed by atoms with Gasteiger partial charge in [0.05, 0.1) is 23.3 Å². The molecule has 2 unspecified atom stereocenters. The fraction of sp³-hybridized carbons (Fsp3) is 0.312. The minimum Gasteiger partial charge on any atom is -0.390 e. The highest BCUT2D eigenvalue weighted by atomic mass is 16.2. The van der Waals surface area contributed by atoms with Crippen LogP contribution in [0, 0.1) is 6.92 Å². The molecule has 0 saturated carbocycles. The molecular formula is C32H39N7O4. The predicted octanol–water partition coefficient (Wildman–Crippen LogP) is 3.18. The Morgan fingerprint density at radius 3 is 2.28 bits per heavy atom. The number of nitrogens with two attached hydrogens (primary N) is 1. The smallest absolute Gasteiger partial charge is 0.247 e. The Bertz CT molecular complexity index is 1450. The lowest BCUT2D eigenvalue weighted by atomic mass is 10.1. The Balaban J connectivity index is 2.35. The Hall–Kier alpha value is -4.90. The third-order valence-electron chi connectivity index (χ3n) is 6.78. The van der Waals surface area contributed by atoms with Gasteiger partial charge >= 0.3 is 0 Å². The summed E-state index contributed by atoms with van der Waals surface area (Å²) in [5, 5.41) is 8.73. The molecule has 1 aromatic heterocycles. The van der Waals surface area contributed by atoms with Gasteiger partial charge in [-0.1, -0.05) is 48.5 Å². The number of nitrogens with one attached hydrogen (secondary N) is 3. The van der Waals surface area contributed by atoms with Crippen molar-refractivity contribution < 1.29 is 19.2 Å². The van der Waals surface area contributed by atoms with Gasteiger partial charge in [-0.15, -0.1) is 0 Å². The van der Waals surface area contributed by atoms with Crippen LogP contribution in [0.15, 0.2) is 70.6 Å². The summed E-state index contributed by atoms with van der Waals surface area (Å²) < 4.78 is 1.98. The number of rotatable bonds is 15. The van der Waals surface area contributed by atoms with Gasteiger partial charge in [0.25, 0.3) is 0 Å². The van der Waals surface area contributed by atoms with Crippen LogP contribution in [-0.4, -0.2) is 66.8 Å². The standard InChI is InChI=1S/C32H39N7O4/c1-22-28(31(35-21-33)37-25(20-41)14-10-18-34-3)29(38-32(43)27(17-11-19-40)36-23(2)42)30(24-12-6-4-7-13-24)39(22)26-15-8-5-9-16-26/h4-9,12-13,15-16,19-21,25,27,34H,10-11,14,17-18H2,1-3H3,(H,36,42)(H,38,43)(H2,33,35,37). The van der Waals surface area contributed by atoms with Crippen molar-refractivity contribution in [3.8, 4) is 16.9 Å². The fourth-order valence-corrected chi connectivity index (χ4v) is 4.86. The number of hydrogen-bond donors (Lipinski definition) is 4. The number of nitrogens with zero attached hydrogens (tertiary/aromatic N) is 3. The summed E-state index contributed by atoms with van der Waals surface area (Å²) >= 11 is 0. The normalized spacial score (nSPS) is 13.0. The second-order valence-electron chi connectivity index (χ2n) is 9.89. The Morgan fingerprint density at radius 1 is 1.02 bits per heavy atom. The third-order valence-corrected chi connectivity index (χ3v) is 6.78. The molecular weight excluding hydrogens is 546 g/mol. The van der Waals surface area contributed by atoms with Gasteiger partial charge in [0.1, 0.15) is 24.7 Å². The third kappa shape index (κ3) is 8.55. The monoisotopic (exact) mass is 585 g/mol. The van der Waals surface area contributed by atoms with Crippen molar-refractivity contribution in [2.24, 2.45) is 15.7 Å². The molecule has 2 aromatic carbocycles. The molecule has 0 radical (unpaired) electrons. The summed E-state index contributed by atoms with van der Waals surface area (Å²) in [6.45, 7) is 3.90. The SMILES string of the molecule is CNCCCC(C=O)N=C(N=CN)c1c(NC(=O)C(CCC=O)NC(C)=O)c(-c2ccccc2)n(-c2ccccc2)c1C. The van der Waals surface area contributed by atoms with Crippen molar-refractivity contribution >= 4 is 42.2 Å². The zero-order valence-electron chi connectivity index (χ0n) is 24.7. The van der Waals surface area contributed by atoms with E-state index in [4.69, 9.17) is 10.7 Å². The molecule has 5 N–H and O–H groups in total. The van der Waals surface area contributed by atoms with Gasteiger partial charge in [-0.25, -0.2) is 4.99 Å². The highest BCUT2D eigenvalue weighted by Crippen LogP contribution is 2.39. The number of aliphatic imine (C=N–C) groups is 2. The largest absolute Gasteiger partial charge is 0.390 e. The summed E-state index contributed by atoms with van der Waals surface area (Å²) in [6, 6.07) is 17.4. The maximum atomic E-state index is 13.8. The van der Waals surface area contributed by atoms with E-state index in [1.165, 1.54) is 6.92 Å². The van der Waals surface area contributed by atoms with Crippen LogP contribution in [0.1, 0.15) is 43.9 Å². The van der Waals surface area contributed by atoms with E-state index in [2.05, 4.69) is 20.9 Å². The Labute approximate surface area is 251 Å². The van der Waals surface area contributed by atoms with Crippen LogP contribution in [0.3, 0.4) is 0 Å². The molecule has 11 nitrogen and oxygen atoms in total. The molecule has 0 spiro atoms. The molecule has 2 atom stereocenters. The average Bonchev–Trinajstić information content (AvgIpc) is 3.30. The number of carbonyl (C=O) groups excluding carboxylic acids is 4. The van der Waals surface area contributed by atoms with E-state index in [9.17, 15) is 19.2 Å². The number of amidine groups is 1. The summed E-state index contributed by atoms with van der Waals surface area (Å²) in [7, 11) is 1.84. The molecule has 2 amide bonds. The van der Waals surface area contributed by atoms with E-state index in [1.54, 1.807) is 0 Å². The van der Waals surface area contributed by atoms with E-state index < -0.39 is 23.9 Å². The van der Waals surface area contributed by atoms with E-state index in [1.807, 2.05) is 79.2 Å². The van der Waals surface area contributed by atoms with Crippen LogP contribution in [0.2, 0.25) is 0 Å². The maximum absolute atomic E-state index is 13.8. The lowest BCUT2D eigenvalue weighted by Crippen LogP contribution is -2.43. The van der Waals surface area contributed by atoms with Gasteiger partial charge in [0.2, 0.25) is 11.8 Å². The Kier molecular flexibility index (Phi) is 12.5. The number of benzene rings is 2. The maximum Gasteiger partial charge on any atom is 0.247 e. The lowest BCUT2D eigenvalue weighted by molar-refractivity contribution is -0.125. The molecule has 0 saturated heterocycles. The number of hydrogen-bond acceptors (Lipinski definition) is 6. The van der Waals surface area contributed by atoms with Crippen LogP contribution in [0.25, 0.3) is 16.9 Å². The molecule has 0 aliphatic carbocycles. The highest BCUT2D eigenvalue weighted by Gasteiger charge is 2.29. The average molecular weight is 586 g/mol. The van der Waals surface area contributed by atoms with Gasteiger partial charge in [0, 0.05) is 30.3 Å². The number of para-hydroxylation sites is 1. The second-order valence-corrected chi connectivity index (χ2v) is 9.89. The minimum absolute atomic E-state index is 0.0820. The molecule has 1 heterocycles. The van der Waals surface area contributed by atoms with E-state index in [-0.39, 0.29) is 18.7 Å². The zero-order chi connectivity index (χ0) is 31.2. The number of anilines is 1. The fourth-order valence-electron chi connectivity index (χ4n) is 4.86. The summed E-state index contributed by atoms with van der Waals surface area (Å²) in [5.74, 6) is -0.747. The van der Waals surface area contributed by atoms with Gasteiger partial charge in [-0.05, 0) is 51.9 Å². The predicted molar refractivity (Wildman–Crippen MR) is 170 cm³/mol. The van der Waals surface area contributed by atoms with Crippen molar-refractivity contribution in [2.75, 3.05) is 18.9 Å². The molecule has 3 rings (SSSR count). The first-order valence-corrected chi connectivity index (χ1v) is 14.2. The summed E-state index contributed by atoms with van der Waals surface area (Å²) in [5.41, 5.74) is 9.57. The molecule has 0 bridgehead atoms. The highest BCUT2D eigenvalue weighted by molar-refractivity contribution is 6.14. The number of aromatic nitrogens is 1. The van der Waals surface area contributed by atoms with Crippen LogP contribution >= 0.6 is 0 Å². The second kappa shape index (κ2) is 16.5. The van der Waals surface area contributed by atoms with Crippen molar-refractivity contribution in [2.45, 2.75) is 51.6 Å². The van der Waals surface area contributed by atoms with Crippen molar-refractivity contribution in [1.29, 1.82) is 0 Å². The van der Waals surface area contributed by atoms with E-state index in [0.717, 1.165) is 23.9 Å². The van der Waals surface area contributed by atoms with Crippen molar-refractivity contribution in [1.82, 2.24) is 15.2 Å². The first kappa shape index (κ1) is 32.6. The van der Waals surface area contributed by atoms with Crippen LogP contribution in [0.4, 0.5) is 5.69 Å². The Morgan fingerprint density at radius 2 is 1.70 bits per heavy atom. The van der Waals surface area contributed by atoms with E-state index in [0.29, 0.717) is 48.3 Å². The zero-order valence-corrected chi connectivity index (χ0v) is 24.7. The van der Waals surface area contributed by atoms with Crippen LogP contribution < -0.4 is 21.7 Å². The van der Waals surface area contributed by atoms with Crippen LogP contribution in [-0.2, 0) is 19.2 Å². The van der Waals surface area contributed by atoms with Crippen molar-refractivity contribution in [3.05, 3.63) is 71.9 Å². The van der Waals surface area contributed by atoms with Gasteiger partial charge in [-0.3, -0.25) is 14.6 Å². The molecule has 0 aliphatic heterocycles. The first-order valence-electron chi connectivity index (χ1n) is 14.2. The number of carbonyl (C=O) groups is 4. The molecule has 0 fully saturated rings. The molecule has 43 heavy (non-hydrogen) atoms. The number of aldehydes is 2. The topological polar surface area (TPSA) is 160 Å². The van der Waals surface area contributed by atoms with Gasteiger partial charge in [-0.2, -0.15) is 0 Å². The summed E-state index contributed by atoms with van der Waals surface area (Å²) in [4.78, 5) is 58.0. The quantitative estimate of drug-likeness (QED) is 0.0928. The number of amides is 2. The van der Waals surface area contributed by atoms with Crippen molar-refractivity contribution in [3.63, 3.8) is 0 Å². The molecule has 3 aromatic rings. The lowest BCUT2D eigenvalue weighted by Gasteiger charge is -2.19. The van der Waals surface area contributed by atoms with E-state index >= 15 is 0 Å². The first-order chi connectivity index (χ1) is 20.9. The van der Waals surface area contributed by atoms with Gasteiger partial charge < -0.3 is 35.8 Å².